The first-order chi connectivity index (χ1) is 12.6. The lowest BCUT2D eigenvalue weighted by Crippen LogP contribution is -2.36. The molecule has 26 heavy (non-hydrogen) atoms. The van der Waals surface area contributed by atoms with Gasteiger partial charge in [-0.25, -0.2) is 18.7 Å². The maximum Gasteiger partial charge on any atom is 0.344 e. The SMILES string of the molecule is CCOC(=O)c1ccc[n+](CCCC[n+]2cccc(C(=O)OCC)c2)c1. The maximum absolute atomic E-state index is 11.8. The summed E-state index contributed by atoms with van der Waals surface area (Å²) in [6, 6.07) is 7.21. The van der Waals surface area contributed by atoms with E-state index in [-0.39, 0.29) is 11.9 Å². The number of hydrogen-bond donors (Lipinski definition) is 0. The van der Waals surface area contributed by atoms with E-state index in [1.165, 1.54) is 0 Å². The lowest BCUT2D eigenvalue weighted by molar-refractivity contribution is -0.708. The molecule has 2 heterocycles. The lowest BCUT2D eigenvalue weighted by Gasteiger charge is -2.02. The number of unbranched alkanes of at least 4 members (excludes halogenated alkanes) is 1. The Balaban J connectivity index is 1.84. The third kappa shape index (κ3) is 5.95. The van der Waals surface area contributed by atoms with E-state index in [0.717, 1.165) is 25.9 Å². The van der Waals surface area contributed by atoms with E-state index in [0.29, 0.717) is 24.3 Å². The Morgan fingerprint density at radius 1 is 0.808 bits per heavy atom. The van der Waals surface area contributed by atoms with Crippen LogP contribution in [0.5, 0.6) is 0 Å². The number of aromatic nitrogens is 2. The second-order valence-electron chi connectivity index (χ2n) is 5.81. The highest BCUT2D eigenvalue weighted by Crippen LogP contribution is 2.00. The molecule has 0 N–H and O–H groups in total. The molecule has 6 nitrogen and oxygen atoms in total. The van der Waals surface area contributed by atoms with Gasteiger partial charge in [-0.15, -0.1) is 0 Å². The van der Waals surface area contributed by atoms with Gasteiger partial charge in [0.1, 0.15) is 24.2 Å². The van der Waals surface area contributed by atoms with Crippen LogP contribution in [-0.4, -0.2) is 25.2 Å². The van der Waals surface area contributed by atoms with Crippen LogP contribution in [0, 0.1) is 0 Å². The number of aryl methyl sites for hydroxylation is 2. The molecule has 0 saturated heterocycles. The summed E-state index contributed by atoms with van der Waals surface area (Å²) in [5.41, 5.74) is 1.12. The molecular weight excluding hydrogens is 332 g/mol. The molecule has 0 radical (unpaired) electrons. The van der Waals surface area contributed by atoms with Crippen LogP contribution in [-0.2, 0) is 22.6 Å². The maximum atomic E-state index is 11.8. The zero-order valence-corrected chi connectivity index (χ0v) is 15.4. The van der Waals surface area contributed by atoms with Crippen LogP contribution in [0.2, 0.25) is 0 Å². The Bertz CT molecular complexity index is 683. The van der Waals surface area contributed by atoms with Gasteiger partial charge >= 0.3 is 11.9 Å². The fraction of sp³-hybridized carbons (Fsp3) is 0.400. The van der Waals surface area contributed by atoms with Crippen molar-refractivity contribution in [1.29, 1.82) is 0 Å². The number of pyridine rings is 2. The average molecular weight is 358 g/mol. The molecule has 0 aliphatic carbocycles. The Labute approximate surface area is 154 Å². The van der Waals surface area contributed by atoms with Crippen molar-refractivity contribution < 1.29 is 28.2 Å². The minimum atomic E-state index is -0.298. The highest BCUT2D eigenvalue weighted by Gasteiger charge is 2.13. The van der Waals surface area contributed by atoms with Crippen LogP contribution in [0.1, 0.15) is 47.4 Å². The number of carbonyl (C=O) groups excluding carboxylic acids is 2. The van der Waals surface area contributed by atoms with Crippen molar-refractivity contribution in [3.63, 3.8) is 0 Å². The molecule has 2 aromatic heterocycles. The van der Waals surface area contributed by atoms with E-state index < -0.39 is 0 Å². The molecule has 6 heteroatoms. The normalized spacial score (nSPS) is 10.4. The number of nitrogens with zero attached hydrogens (tertiary/aromatic N) is 2. The van der Waals surface area contributed by atoms with E-state index in [1.807, 2.05) is 46.1 Å². The summed E-state index contributed by atoms with van der Waals surface area (Å²) in [5.74, 6) is -0.596. The van der Waals surface area contributed by atoms with Crippen molar-refractivity contribution in [2.24, 2.45) is 0 Å². The molecule has 0 bridgehead atoms. The van der Waals surface area contributed by atoms with Crippen LogP contribution in [0.15, 0.2) is 49.1 Å². The van der Waals surface area contributed by atoms with Crippen molar-refractivity contribution in [3.8, 4) is 0 Å². The first-order valence-corrected chi connectivity index (χ1v) is 8.96. The van der Waals surface area contributed by atoms with E-state index >= 15 is 0 Å². The molecule has 0 amide bonds. The van der Waals surface area contributed by atoms with Gasteiger partial charge < -0.3 is 9.47 Å². The van der Waals surface area contributed by atoms with Crippen LogP contribution >= 0.6 is 0 Å². The quantitative estimate of drug-likeness (QED) is 0.391. The largest absolute Gasteiger partial charge is 0.462 e. The fourth-order valence-corrected chi connectivity index (χ4v) is 2.58. The van der Waals surface area contributed by atoms with E-state index in [4.69, 9.17) is 9.47 Å². The van der Waals surface area contributed by atoms with Crippen LogP contribution < -0.4 is 9.13 Å². The van der Waals surface area contributed by atoms with Gasteiger partial charge in [-0.3, -0.25) is 0 Å². The number of esters is 2. The third-order valence-corrected chi connectivity index (χ3v) is 3.82. The minimum Gasteiger partial charge on any atom is -0.462 e. The first kappa shape index (κ1) is 19.6. The van der Waals surface area contributed by atoms with Gasteiger partial charge in [0.2, 0.25) is 0 Å². The fourth-order valence-electron chi connectivity index (χ4n) is 2.58. The molecule has 0 saturated carbocycles. The zero-order valence-electron chi connectivity index (χ0n) is 15.4. The predicted octanol–water partition coefficient (Wildman–Crippen LogP) is 2.10. The van der Waals surface area contributed by atoms with Gasteiger partial charge in [-0.1, -0.05) is 0 Å². The lowest BCUT2D eigenvalue weighted by atomic mass is 10.2. The summed E-state index contributed by atoms with van der Waals surface area (Å²) in [6.07, 6.45) is 9.41. The summed E-state index contributed by atoms with van der Waals surface area (Å²) in [4.78, 5) is 23.5. The monoisotopic (exact) mass is 358 g/mol. The van der Waals surface area contributed by atoms with Gasteiger partial charge in [-0.05, 0) is 26.0 Å². The zero-order chi connectivity index (χ0) is 18.8. The number of ether oxygens (including phenoxy) is 2. The highest BCUT2D eigenvalue weighted by molar-refractivity contribution is 5.89. The molecule has 0 aromatic carbocycles. The standard InChI is InChI=1S/C20H26N2O4/c1-3-25-19(23)17-9-7-13-21(15-17)11-5-6-12-22-14-8-10-18(16-22)20(24)26-4-2/h7-10,13-16H,3-6,11-12H2,1-2H3/q+2. The van der Waals surface area contributed by atoms with Crippen LogP contribution in [0.25, 0.3) is 0 Å². The van der Waals surface area contributed by atoms with Crippen LogP contribution in [0.4, 0.5) is 0 Å². The predicted molar refractivity (Wildman–Crippen MR) is 94.4 cm³/mol. The average Bonchev–Trinajstić information content (AvgIpc) is 2.66. The number of rotatable bonds is 9. The summed E-state index contributed by atoms with van der Waals surface area (Å²) < 4.78 is 14.0. The molecule has 0 fully saturated rings. The van der Waals surface area contributed by atoms with Crippen LogP contribution in [0.3, 0.4) is 0 Å². The Hall–Kier alpha value is -2.76. The van der Waals surface area contributed by atoms with E-state index in [9.17, 15) is 9.59 Å². The van der Waals surface area contributed by atoms with E-state index in [1.54, 1.807) is 26.0 Å². The summed E-state index contributed by atoms with van der Waals surface area (Å²) in [7, 11) is 0. The highest BCUT2D eigenvalue weighted by atomic mass is 16.5. The topological polar surface area (TPSA) is 60.4 Å². The second kappa shape index (κ2) is 10.3. The number of carbonyl (C=O) groups is 2. The van der Waals surface area contributed by atoms with Gasteiger partial charge in [0.05, 0.1) is 13.2 Å². The molecule has 0 unspecified atom stereocenters. The summed E-state index contributed by atoms with van der Waals surface area (Å²) in [5, 5.41) is 0. The van der Waals surface area contributed by atoms with Crippen molar-refractivity contribution >= 4 is 11.9 Å². The number of hydrogen-bond acceptors (Lipinski definition) is 4. The Morgan fingerprint density at radius 2 is 1.23 bits per heavy atom. The molecule has 0 atom stereocenters. The van der Waals surface area contributed by atoms with Crippen molar-refractivity contribution in [3.05, 3.63) is 60.2 Å². The van der Waals surface area contributed by atoms with Gasteiger partial charge in [0.15, 0.2) is 24.8 Å². The second-order valence-corrected chi connectivity index (χ2v) is 5.81. The van der Waals surface area contributed by atoms with Gasteiger partial charge in [0, 0.05) is 25.0 Å². The molecule has 138 valence electrons. The molecule has 2 rings (SSSR count). The van der Waals surface area contributed by atoms with Crippen molar-refractivity contribution in [2.75, 3.05) is 13.2 Å². The van der Waals surface area contributed by atoms with E-state index in [2.05, 4.69) is 0 Å². The minimum absolute atomic E-state index is 0.298. The molecule has 0 spiro atoms. The molecular formula is C20H26N2O4+2. The van der Waals surface area contributed by atoms with Crippen molar-refractivity contribution in [1.82, 2.24) is 0 Å². The first-order valence-electron chi connectivity index (χ1n) is 8.96. The summed E-state index contributed by atoms with van der Waals surface area (Å²) >= 11 is 0. The Morgan fingerprint density at radius 3 is 1.62 bits per heavy atom. The van der Waals surface area contributed by atoms with Gasteiger partial charge in [0.25, 0.3) is 0 Å². The molecule has 0 aliphatic rings. The van der Waals surface area contributed by atoms with Crippen molar-refractivity contribution in [2.45, 2.75) is 39.8 Å². The molecule has 0 aliphatic heterocycles. The smallest absolute Gasteiger partial charge is 0.344 e. The molecule has 2 aromatic rings. The van der Waals surface area contributed by atoms with Gasteiger partial charge in [-0.2, -0.15) is 0 Å². The third-order valence-electron chi connectivity index (χ3n) is 3.82. The Kier molecular flexibility index (Phi) is 7.74. The summed E-state index contributed by atoms with van der Waals surface area (Å²) in [6.45, 7) is 5.95.